The quantitative estimate of drug-likeness (QED) is 0.386. The van der Waals surface area contributed by atoms with Gasteiger partial charge in [-0.2, -0.15) is 0 Å². The number of thioether (sulfide) groups is 2. The van der Waals surface area contributed by atoms with Crippen LogP contribution in [0.5, 0.6) is 0 Å². The summed E-state index contributed by atoms with van der Waals surface area (Å²) in [5.74, 6) is -0.943. The molecule has 3 aliphatic rings. The van der Waals surface area contributed by atoms with E-state index in [1.54, 1.807) is 12.3 Å². The summed E-state index contributed by atoms with van der Waals surface area (Å²) < 4.78 is 5.43. The minimum atomic E-state index is -1.06. The van der Waals surface area contributed by atoms with Gasteiger partial charge in [0.05, 0.1) is 12.2 Å². The standard InChI is InChI=1S/C15H17N3O6S2/c1-7-8(15(21)22)5-18-13(20)11(14(18)26-7)16-12(19)10(17-23-2)9-6-25-4-3-24-9/h5-7,11,14H,3-4H2,1-2H3,(H,16,19)(H,21,22)/t7?,11?,14-/m1/s1. The van der Waals surface area contributed by atoms with Crippen molar-refractivity contribution in [2.45, 2.75) is 23.6 Å². The van der Waals surface area contributed by atoms with Gasteiger partial charge in [0.1, 0.15) is 18.5 Å². The van der Waals surface area contributed by atoms with Crippen molar-refractivity contribution in [2.75, 3.05) is 19.5 Å². The number of carboxylic acid groups (broad SMARTS) is 1. The first-order chi connectivity index (χ1) is 12.4. The molecule has 140 valence electrons. The van der Waals surface area contributed by atoms with Gasteiger partial charge in [-0.25, -0.2) is 4.79 Å². The highest BCUT2D eigenvalue weighted by atomic mass is 32.2. The number of nitrogens with zero attached hydrogens (tertiary/aromatic N) is 2. The van der Waals surface area contributed by atoms with Gasteiger partial charge in [0.25, 0.3) is 11.8 Å². The zero-order chi connectivity index (χ0) is 18.8. The summed E-state index contributed by atoms with van der Waals surface area (Å²) in [7, 11) is 1.32. The van der Waals surface area contributed by atoms with Crippen LogP contribution in [0.25, 0.3) is 0 Å². The van der Waals surface area contributed by atoms with E-state index in [-0.39, 0.29) is 27.8 Å². The molecule has 1 fully saturated rings. The molecule has 3 atom stereocenters. The number of rotatable bonds is 5. The van der Waals surface area contributed by atoms with E-state index in [4.69, 9.17) is 14.7 Å². The van der Waals surface area contributed by atoms with Gasteiger partial charge in [-0.3, -0.25) is 9.59 Å². The molecule has 0 aromatic heterocycles. The van der Waals surface area contributed by atoms with Crippen LogP contribution >= 0.6 is 23.5 Å². The fourth-order valence-corrected chi connectivity index (χ4v) is 4.65. The van der Waals surface area contributed by atoms with Crippen molar-refractivity contribution in [3.8, 4) is 0 Å². The maximum atomic E-state index is 12.6. The molecule has 2 unspecified atom stereocenters. The Morgan fingerprint density at radius 1 is 1.50 bits per heavy atom. The van der Waals surface area contributed by atoms with Gasteiger partial charge in [0, 0.05) is 22.6 Å². The maximum absolute atomic E-state index is 12.6. The van der Waals surface area contributed by atoms with Crippen molar-refractivity contribution >= 4 is 47.0 Å². The Balaban J connectivity index is 1.72. The van der Waals surface area contributed by atoms with Crippen LogP contribution in [-0.2, 0) is 24.0 Å². The number of carbonyl (C=O) groups excluding carboxylic acids is 2. The number of aliphatic carboxylic acids is 1. The van der Waals surface area contributed by atoms with Crippen LogP contribution in [0.4, 0.5) is 0 Å². The largest absolute Gasteiger partial charge is 0.490 e. The lowest BCUT2D eigenvalue weighted by molar-refractivity contribution is -0.144. The third-order valence-corrected chi connectivity index (χ3v) is 6.18. The molecule has 3 heterocycles. The Morgan fingerprint density at radius 3 is 2.88 bits per heavy atom. The number of β-lactam (4-membered cyclic amide) rings is 1. The number of amides is 2. The molecule has 2 N–H and O–H groups in total. The highest BCUT2D eigenvalue weighted by molar-refractivity contribution is 8.02. The number of hydrogen-bond acceptors (Lipinski definition) is 8. The van der Waals surface area contributed by atoms with Crippen LogP contribution in [0, 0.1) is 0 Å². The van der Waals surface area contributed by atoms with Crippen molar-refractivity contribution in [1.82, 2.24) is 10.2 Å². The number of carbonyl (C=O) groups is 3. The lowest BCUT2D eigenvalue weighted by atomic mass is 10.1. The molecule has 1 saturated heterocycles. The van der Waals surface area contributed by atoms with E-state index in [1.807, 2.05) is 0 Å². The number of nitrogens with one attached hydrogen (secondary N) is 1. The molecule has 0 aromatic carbocycles. The highest BCUT2D eigenvalue weighted by Crippen LogP contribution is 2.40. The van der Waals surface area contributed by atoms with Gasteiger partial charge in [0.2, 0.25) is 5.71 Å². The predicted octanol–water partition coefficient (Wildman–Crippen LogP) is 0.351. The van der Waals surface area contributed by atoms with Crippen molar-refractivity contribution < 1.29 is 29.1 Å². The average molecular weight is 399 g/mol. The SMILES string of the molecule is CON=C(C(=O)NC1C(=O)N2C=C(C(=O)O)C(C)S[C@H]12)C1=CSCCO1. The van der Waals surface area contributed by atoms with Gasteiger partial charge >= 0.3 is 5.97 Å². The summed E-state index contributed by atoms with van der Waals surface area (Å²) in [5.41, 5.74) is 0.116. The minimum absolute atomic E-state index is 0.0402. The first kappa shape index (κ1) is 18.6. The second-order valence-corrected chi connectivity index (χ2v) is 8.02. The van der Waals surface area contributed by atoms with Gasteiger partial charge < -0.3 is 24.9 Å². The first-order valence-corrected chi connectivity index (χ1v) is 9.72. The molecule has 3 aliphatic heterocycles. The predicted molar refractivity (Wildman–Crippen MR) is 96.3 cm³/mol. The molecule has 9 nitrogen and oxygen atoms in total. The van der Waals surface area contributed by atoms with Crippen LogP contribution in [0.15, 0.2) is 28.1 Å². The summed E-state index contributed by atoms with van der Waals surface area (Å²) in [4.78, 5) is 42.1. The zero-order valence-electron chi connectivity index (χ0n) is 14.0. The number of oxime groups is 1. The summed E-state index contributed by atoms with van der Waals surface area (Å²) in [5, 5.41) is 16.5. The van der Waals surface area contributed by atoms with Crippen LogP contribution in [0.1, 0.15) is 6.92 Å². The van der Waals surface area contributed by atoms with E-state index in [0.717, 1.165) is 5.75 Å². The normalized spacial score (nSPS) is 28.1. The van der Waals surface area contributed by atoms with E-state index in [2.05, 4.69) is 10.5 Å². The van der Waals surface area contributed by atoms with E-state index < -0.39 is 17.9 Å². The summed E-state index contributed by atoms with van der Waals surface area (Å²) in [6.45, 7) is 2.20. The minimum Gasteiger partial charge on any atom is -0.490 e. The number of hydrogen-bond donors (Lipinski definition) is 2. The van der Waals surface area contributed by atoms with E-state index in [1.165, 1.54) is 41.7 Å². The van der Waals surface area contributed by atoms with Crippen LogP contribution in [-0.4, -0.2) is 69.6 Å². The smallest absolute Gasteiger partial charge is 0.334 e. The van der Waals surface area contributed by atoms with Gasteiger partial charge in [-0.05, 0) is 6.92 Å². The molecule has 2 amide bonds. The number of fused-ring (bicyclic) bond motifs is 1. The Morgan fingerprint density at radius 2 is 2.27 bits per heavy atom. The van der Waals surface area contributed by atoms with Gasteiger partial charge in [-0.15, -0.1) is 23.5 Å². The molecular formula is C15H17N3O6S2. The molecular weight excluding hydrogens is 382 g/mol. The molecule has 0 aromatic rings. The summed E-state index contributed by atoms with van der Waals surface area (Å²) in [6.07, 6.45) is 1.34. The topological polar surface area (TPSA) is 118 Å². The molecule has 26 heavy (non-hydrogen) atoms. The lowest BCUT2D eigenvalue weighted by Gasteiger charge is -2.48. The molecule has 11 heteroatoms. The molecule has 0 radical (unpaired) electrons. The lowest BCUT2D eigenvalue weighted by Crippen LogP contribution is -2.69. The fourth-order valence-electron chi connectivity index (χ4n) is 2.66. The van der Waals surface area contributed by atoms with Crippen molar-refractivity contribution in [3.05, 3.63) is 22.9 Å². The second-order valence-electron chi connectivity index (χ2n) is 5.58. The molecule has 0 aliphatic carbocycles. The average Bonchev–Trinajstić information content (AvgIpc) is 2.64. The van der Waals surface area contributed by atoms with Crippen molar-refractivity contribution in [1.29, 1.82) is 0 Å². The highest BCUT2D eigenvalue weighted by Gasteiger charge is 2.52. The fraction of sp³-hybridized carbons (Fsp3) is 0.467. The van der Waals surface area contributed by atoms with Crippen LogP contribution in [0.3, 0.4) is 0 Å². The van der Waals surface area contributed by atoms with Crippen LogP contribution in [0.2, 0.25) is 0 Å². The third-order valence-electron chi connectivity index (χ3n) is 3.95. The number of carboxylic acids is 1. The first-order valence-electron chi connectivity index (χ1n) is 7.73. The van der Waals surface area contributed by atoms with E-state index in [0.29, 0.717) is 12.4 Å². The third kappa shape index (κ3) is 3.40. The summed E-state index contributed by atoms with van der Waals surface area (Å²) in [6, 6.07) is -0.763. The maximum Gasteiger partial charge on any atom is 0.334 e. The monoisotopic (exact) mass is 399 g/mol. The Hall–Kier alpha value is -2.14. The second kappa shape index (κ2) is 7.62. The van der Waals surface area contributed by atoms with Gasteiger partial charge in [-0.1, -0.05) is 5.16 Å². The Labute approximate surface area is 157 Å². The van der Waals surface area contributed by atoms with Crippen molar-refractivity contribution in [2.24, 2.45) is 5.16 Å². The summed E-state index contributed by atoms with van der Waals surface area (Å²) >= 11 is 2.80. The van der Waals surface area contributed by atoms with E-state index in [9.17, 15) is 14.4 Å². The number of ether oxygens (including phenoxy) is 1. The van der Waals surface area contributed by atoms with Gasteiger partial charge in [0.15, 0.2) is 5.76 Å². The Bertz CT molecular complexity index is 735. The molecule has 0 saturated carbocycles. The van der Waals surface area contributed by atoms with Crippen LogP contribution < -0.4 is 5.32 Å². The molecule has 0 bridgehead atoms. The Kier molecular flexibility index (Phi) is 5.47. The molecule has 0 spiro atoms. The molecule has 3 rings (SSSR count). The van der Waals surface area contributed by atoms with E-state index >= 15 is 0 Å². The zero-order valence-corrected chi connectivity index (χ0v) is 15.6. The van der Waals surface area contributed by atoms with Crippen molar-refractivity contribution in [3.63, 3.8) is 0 Å².